The van der Waals surface area contributed by atoms with Crippen molar-refractivity contribution in [3.8, 4) is 0 Å². The van der Waals surface area contributed by atoms with E-state index in [0.717, 1.165) is 5.01 Å². The zero-order valence-electron chi connectivity index (χ0n) is 6.77. The highest BCUT2D eigenvalue weighted by atomic mass is 32.1. The van der Waals surface area contributed by atoms with Crippen LogP contribution in [-0.2, 0) is 11.3 Å². The zero-order chi connectivity index (χ0) is 9.26. The molecule has 0 unspecified atom stereocenters. The molecule has 0 bridgehead atoms. The highest BCUT2D eigenvalue weighted by Gasteiger charge is 2.22. The summed E-state index contributed by atoms with van der Waals surface area (Å²) in [6.07, 6.45) is -0.297. The molecule has 0 saturated carbocycles. The number of carbonyl (C=O) groups is 1. The van der Waals surface area contributed by atoms with Gasteiger partial charge in [0.2, 0.25) is 5.13 Å². The van der Waals surface area contributed by atoms with Gasteiger partial charge in [0.05, 0.1) is 13.1 Å². The van der Waals surface area contributed by atoms with Gasteiger partial charge >= 0.3 is 6.09 Å². The average molecular weight is 200 g/mol. The molecule has 13 heavy (non-hydrogen) atoms. The molecule has 1 amide bonds. The molecule has 0 aromatic carbocycles. The van der Waals surface area contributed by atoms with Crippen molar-refractivity contribution in [2.24, 2.45) is 0 Å². The Hall–Kier alpha value is -1.37. The number of anilines is 1. The van der Waals surface area contributed by atoms with Crippen LogP contribution in [0.3, 0.4) is 0 Å². The highest BCUT2D eigenvalue weighted by Crippen LogP contribution is 2.15. The van der Waals surface area contributed by atoms with E-state index in [2.05, 4.69) is 10.2 Å². The van der Waals surface area contributed by atoms with Gasteiger partial charge in [-0.05, 0) is 0 Å². The lowest BCUT2D eigenvalue weighted by Gasteiger charge is -2.08. The van der Waals surface area contributed by atoms with E-state index in [1.165, 1.54) is 11.3 Å². The molecule has 0 aliphatic carbocycles. The van der Waals surface area contributed by atoms with Gasteiger partial charge in [0, 0.05) is 0 Å². The van der Waals surface area contributed by atoms with Gasteiger partial charge in [-0.3, -0.25) is 4.90 Å². The molecular formula is C6H8N4O2S. The molecule has 0 radical (unpaired) electrons. The van der Waals surface area contributed by atoms with Crippen molar-refractivity contribution < 1.29 is 9.53 Å². The monoisotopic (exact) mass is 200 g/mol. The molecule has 70 valence electrons. The lowest BCUT2D eigenvalue weighted by atomic mass is 10.5. The van der Waals surface area contributed by atoms with Crippen molar-refractivity contribution in [2.75, 3.05) is 18.9 Å². The average Bonchev–Trinajstić information content (AvgIpc) is 2.64. The van der Waals surface area contributed by atoms with Crippen LogP contribution in [0, 0.1) is 0 Å². The molecule has 1 aliphatic rings. The third-order valence-electron chi connectivity index (χ3n) is 1.65. The fraction of sp³-hybridized carbons (Fsp3) is 0.500. The predicted octanol–water partition coefficient (Wildman–Crippen LogP) is 0.0725. The number of hydrogen-bond donors (Lipinski definition) is 1. The van der Waals surface area contributed by atoms with Crippen LogP contribution in [-0.4, -0.2) is 34.3 Å². The van der Waals surface area contributed by atoms with E-state index in [1.54, 1.807) is 4.90 Å². The van der Waals surface area contributed by atoms with Crippen molar-refractivity contribution in [3.63, 3.8) is 0 Å². The molecule has 0 spiro atoms. The van der Waals surface area contributed by atoms with E-state index < -0.39 is 0 Å². The smallest absolute Gasteiger partial charge is 0.410 e. The predicted molar refractivity (Wildman–Crippen MR) is 46.1 cm³/mol. The maximum absolute atomic E-state index is 11.0. The van der Waals surface area contributed by atoms with Crippen molar-refractivity contribution in [2.45, 2.75) is 6.54 Å². The number of hydrogen-bond acceptors (Lipinski definition) is 6. The number of cyclic esters (lactones) is 1. The molecule has 2 heterocycles. The first-order chi connectivity index (χ1) is 6.25. The first-order valence-corrected chi connectivity index (χ1v) is 4.57. The van der Waals surface area contributed by atoms with Crippen LogP contribution in [0.4, 0.5) is 9.93 Å². The van der Waals surface area contributed by atoms with Gasteiger partial charge in [0.15, 0.2) is 0 Å². The van der Waals surface area contributed by atoms with E-state index in [-0.39, 0.29) is 6.09 Å². The first kappa shape index (κ1) is 8.24. The van der Waals surface area contributed by atoms with Gasteiger partial charge in [-0.15, -0.1) is 10.2 Å². The summed E-state index contributed by atoms with van der Waals surface area (Å²) < 4.78 is 4.76. The fourth-order valence-electron chi connectivity index (χ4n) is 1.06. The number of carbonyl (C=O) groups excluding carboxylic acids is 1. The topological polar surface area (TPSA) is 81.3 Å². The molecule has 6 nitrogen and oxygen atoms in total. The molecule has 1 aromatic heterocycles. The van der Waals surface area contributed by atoms with Crippen LogP contribution in [0.5, 0.6) is 0 Å². The summed E-state index contributed by atoms with van der Waals surface area (Å²) in [5.74, 6) is 0. The van der Waals surface area contributed by atoms with Crippen LogP contribution < -0.4 is 5.73 Å². The highest BCUT2D eigenvalue weighted by molar-refractivity contribution is 7.15. The fourth-order valence-corrected chi connectivity index (χ4v) is 1.69. The molecular weight excluding hydrogens is 192 g/mol. The lowest BCUT2D eigenvalue weighted by Crippen LogP contribution is -2.23. The Kier molecular flexibility index (Phi) is 2.01. The molecule has 7 heteroatoms. The minimum absolute atomic E-state index is 0.297. The summed E-state index contributed by atoms with van der Waals surface area (Å²) in [5.41, 5.74) is 5.40. The second kappa shape index (κ2) is 3.17. The van der Waals surface area contributed by atoms with Gasteiger partial charge in [-0.2, -0.15) is 0 Å². The van der Waals surface area contributed by atoms with Gasteiger partial charge in [0.1, 0.15) is 11.6 Å². The largest absolute Gasteiger partial charge is 0.448 e. The Morgan fingerprint density at radius 2 is 2.46 bits per heavy atom. The number of rotatable bonds is 2. The number of aromatic nitrogens is 2. The standard InChI is InChI=1S/C6H8N4O2S/c7-5-9-8-4(13-5)3-10-1-2-12-6(10)11/h1-3H2,(H2,7,9). The van der Waals surface area contributed by atoms with E-state index in [4.69, 9.17) is 10.5 Å². The minimum Gasteiger partial charge on any atom is -0.448 e. The number of ether oxygens (including phenoxy) is 1. The van der Waals surface area contributed by atoms with Crippen LogP contribution in [0.15, 0.2) is 0 Å². The number of nitrogen functional groups attached to an aromatic ring is 1. The second-order valence-electron chi connectivity index (χ2n) is 2.57. The van der Waals surface area contributed by atoms with E-state index in [0.29, 0.717) is 24.8 Å². The Morgan fingerprint density at radius 1 is 1.62 bits per heavy atom. The van der Waals surface area contributed by atoms with Gasteiger partial charge in [-0.25, -0.2) is 4.79 Å². The number of nitrogens with zero attached hydrogens (tertiary/aromatic N) is 3. The summed E-state index contributed by atoms with van der Waals surface area (Å²) in [7, 11) is 0. The van der Waals surface area contributed by atoms with Crippen molar-refractivity contribution in [3.05, 3.63) is 5.01 Å². The Balaban J connectivity index is 2.01. The molecule has 0 atom stereocenters. The van der Waals surface area contributed by atoms with Crippen molar-refractivity contribution >= 4 is 22.6 Å². The molecule has 1 aromatic rings. The number of amides is 1. The second-order valence-corrected chi connectivity index (χ2v) is 3.66. The van der Waals surface area contributed by atoms with Crippen LogP contribution in [0.25, 0.3) is 0 Å². The quantitative estimate of drug-likeness (QED) is 0.730. The molecule has 2 rings (SSSR count). The van der Waals surface area contributed by atoms with Crippen LogP contribution >= 0.6 is 11.3 Å². The first-order valence-electron chi connectivity index (χ1n) is 3.75. The molecule has 2 N–H and O–H groups in total. The summed E-state index contributed by atoms with van der Waals surface area (Å²) in [4.78, 5) is 12.6. The van der Waals surface area contributed by atoms with E-state index >= 15 is 0 Å². The summed E-state index contributed by atoms with van der Waals surface area (Å²) in [6.45, 7) is 1.50. The van der Waals surface area contributed by atoms with Gasteiger partial charge in [-0.1, -0.05) is 11.3 Å². The summed E-state index contributed by atoms with van der Waals surface area (Å²) in [6, 6.07) is 0. The Morgan fingerprint density at radius 3 is 3.00 bits per heavy atom. The zero-order valence-corrected chi connectivity index (χ0v) is 7.58. The third-order valence-corrected chi connectivity index (χ3v) is 2.39. The van der Waals surface area contributed by atoms with Crippen LogP contribution in [0.2, 0.25) is 0 Å². The SMILES string of the molecule is Nc1nnc(CN2CCOC2=O)s1. The molecule has 1 aliphatic heterocycles. The van der Waals surface area contributed by atoms with Crippen LogP contribution in [0.1, 0.15) is 5.01 Å². The number of nitrogens with two attached hydrogens (primary N) is 1. The van der Waals surface area contributed by atoms with E-state index in [1.807, 2.05) is 0 Å². The third kappa shape index (κ3) is 1.69. The minimum atomic E-state index is -0.297. The van der Waals surface area contributed by atoms with Gasteiger partial charge in [0.25, 0.3) is 0 Å². The maximum Gasteiger partial charge on any atom is 0.410 e. The maximum atomic E-state index is 11.0. The van der Waals surface area contributed by atoms with Crippen molar-refractivity contribution in [1.82, 2.24) is 15.1 Å². The van der Waals surface area contributed by atoms with Gasteiger partial charge < -0.3 is 10.5 Å². The molecule has 1 fully saturated rings. The normalized spacial score (nSPS) is 16.3. The lowest BCUT2D eigenvalue weighted by molar-refractivity contribution is 0.157. The van der Waals surface area contributed by atoms with E-state index in [9.17, 15) is 4.79 Å². The Bertz CT molecular complexity index is 326. The Labute approximate surface area is 78.3 Å². The molecule has 1 saturated heterocycles. The van der Waals surface area contributed by atoms with Crippen molar-refractivity contribution in [1.29, 1.82) is 0 Å². The summed E-state index contributed by atoms with van der Waals surface area (Å²) >= 11 is 1.28. The summed E-state index contributed by atoms with van der Waals surface area (Å²) in [5, 5.41) is 8.61.